The summed E-state index contributed by atoms with van der Waals surface area (Å²) in [5, 5.41) is 22.5. The standard InChI is InChI=1S/C23H25FN6O/c1-22-6-3-7-23(2,29-22)21(24)15(12-22)10-16-4-5-18(28-27-16)17-13-26-20(11-19(17)31)30-9-8-25-14-30/h4-5,8-11,13-14,21,29H,3,6-7,12H2,1-2H3,(H,26,31)/b15-10+/t21-,22+,23-/m0/s1. The van der Waals surface area contributed by atoms with Crippen molar-refractivity contribution in [1.82, 2.24) is 30.0 Å². The molecule has 31 heavy (non-hydrogen) atoms. The van der Waals surface area contributed by atoms with E-state index in [9.17, 15) is 5.11 Å². The Morgan fingerprint density at radius 2 is 2.13 bits per heavy atom. The minimum Gasteiger partial charge on any atom is -0.507 e. The van der Waals surface area contributed by atoms with Gasteiger partial charge in [-0.05, 0) is 63.3 Å². The molecule has 3 aromatic rings. The highest BCUT2D eigenvalue weighted by Crippen LogP contribution is 2.44. The lowest BCUT2D eigenvalue weighted by atomic mass is 9.68. The van der Waals surface area contributed by atoms with E-state index in [2.05, 4.69) is 32.4 Å². The van der Waals surface area contributed by atoms with Crippen LogP contribution in [0.15, 0.2) is 48.7 Å². The molecule has 160 valence electrons. The Kier molecular flexibility index (Phi) is 4.62. The van der Waals surface area contributed by atoms with Gasteiger partial charge >= 0.3 is 0 Å². The smallest absolute Gasteiger partial charge is 0.141 e. The molecule has 2 saturated heterocycles. The van der Waals surface area contributed by atoms with E-state index >= 15 is 4.39 Å². The van der Waals surface area contributed by atoms with Crippen LogP contribution in [0.2, 0.25) is 0 Å². The fourth-order valence-corrected chi connectivity index (χ4v) is 4.98. The van der Waals surface area contributed by atoms with Crippen molar-refractivity contribution in [1.29, 1.82) is 0 Å². The summed E-state index contributed by atoms with van der Waals surface area (Å²) < 4.78 is 17.0. The number of hydrogen-bond acceptors (Lipinski definition) is 6. The van der Waals surface area contributed by atoms with Crippen molar-refractivity contribution in [3.8, 4) is 22.8 Å². The number of aromatic nitrogens is 5. The van der Waals surface area contributed by atoms with E-state index in [1.54, 1.807) is 47.7 Å². The number of rotatable bonds is 3. The first-order chi connectivity index (χ1) is 14.9. The SMILES string of the molecule is C[C@]12CCC[C@](C)(N1)[C@@H](F)/C(=C/c1ccc(-c3cnc(-n4ccnc4)cc3O)nn1)C2. The molecule has 0 aromatic carbocycles. The number of piperidine rings is 2. The lowest BCUT2D eigenvalue weighted by molar-refractivity contribution is 0.0555. The Morgan fingerprint density at radius 3 is 2.84 bits per heavy atom. The molecule has 0 saturated carbocycles. The number of hydrogen-bond donors (Lipinski definition) is 2. The summed E-state index contributed by atoms with van der Waals surface area (Å²) in [4.78, 5) is 8.34. The average Bonchev–Trinajstić information content (AvgIpc) is 3.27. The van der Waals surface area contributed by atoms with Crippen LogP contribution >= 0.6 is 0 Å². The molecular weight excluding hydrogens is 395 g/mol. The summed E-state index contributed by atoms with van der Waals surface area (Å²) in [5.41, 5.74) is 1.75. The minimum atomic E-state index is -1.05. The number of fused-ring (bicyclic) bond motifs is 2. The van der Waals surface area contributed by atoms with Crippen LogP contribution in [0, 0.1) is 0 Å². The first kappa shape index (κ1) is 19.8. The highest BCUT2D eigenvalue weighted by molar-refractivity contribution is 5.67. The molecule has 2 N–H and O–H groups in total. The summed E-state index contributed by atoms with van der Waals surface area (Å²) >= 11 is 0. The molecular formula is C23H25FN6O. The molecule has 3 atom stereocenters. The van der Waals surface area contributed by atoms with Crippen LogP contribution in [0.4, 0.5) is 4.39 Å². The molecule has 2 bridgehead atoms. The van der Waals surface area contributed by atoms with Crippen molar-refractivity contribution in [2.24, 2.45) is 0 Å². The number of aromatic hydroxyl groups is 1. The van der Waals surface area contributed by atoms with Crippen LogP contribution in [-0.2, 0) is 0 Å². The van der Waals surface area contributed by atoms with E-state index in [0.29, 0.717) is 29.2 Å². The second kappa shape index (κ2) is 7.23. The molecule has 8 heteroatoms. The summed E-state index contributed by atoms with van der Waals surface area (Å²) in [6, 6.07) is 5.12. The van der Waals surface area contributed by atoms with E-state index in [0.717, 1.165) is 24.8 Å². The molecule has 2 fully saturated rings. The van der Waals surface area contributed by atoms with Crippen molar-refractivity contribution >= 4 is 6.08 Å². The summed E-state index contributed by atoms with van der Waals surface area (Å²) in [6.07, 6.45) is 10.9. The van der Waals surface area contributed by atoms with Gasteiger partial charge < -0.3 is 10.4 Å². The summed E-state index contributed by atoms with van der Waals surface area (Å²) in [7, 11) is 0. The molecule has 0 amide bonds. The van der Waals surface area contributed by atoms with Crippen LogP contribution in [0.3, 0.4) is 0 Å². The van der Waals surface area contributed by atoms with E-state index in [1.807, 2.05) is 13.0 Å². The predicted molar refractivity (Wildman–Crippen MR) is 115 cm³/mol. The third-order valence-corrected chi connectivity index (χ3v) is 6.42. The highest BCUT2D eigenvalue weighted by Gasteiger charge is 2.50. The normalized spacial score (nSPS) is 29.3. The topological polar surface area (TPSA) is 88.8 Å². The van der Waals surface area contributed by atoms with Gasteiger partial charge in [0.15, 0.2) is 0 Å². The van der Waals surface area contributed by atoms with Gasteiger partial charge in [-0.2, -0.15) is 5.10 Å². The highest BCUT2D eigenvalue weighted by atomic mass is 19.1. The molecule has 0 radical (unpaired) electrons. The van der Waals surface area contributed by atoms with E-state index in [1.165, 1.54) is 0 Å². The lowest BCUT2D eigenvalue weighted by Gasteiger charge is -2.53. The third-order valence-electron chi connectivity index (χ3n) is 6.42. The van der Waals surface area contributed by atoms with Gasteiger partial charge in [0.05, 0.1) is 22.5 Å². The van der Waals surface area contributed by atoms with E-state index < -0.39 is 11.7 Å². The van der Waals surface area contributed by atoms with Crippen LogP contribution in [0.25, 0.3) is 23.2 Å². The number of nitrogens with zero attached hydrogens (tertiary/aromatic N) is 5. The maximum absolute atomic E-state index is 15.3. The largest absolute Gasteiger partial charge is 0.507 e. The first-order valence-corrected chi connectivity index (χ1v) is 10.5. The van der Waals surface area contributed by atoms with Crippen molar-refractivity contribution in [3.63, 3.8) is 0 Å². The second-order valence-electron chi connectivity index (χ2n) is 9.09. The Bertz CT molecular complexity index is 1130. The molecule has 5 rings (SSSR count). The van der Waals surface area contributed by atoms with Gasteiger partial charge in [-0.3, -0.25) is 4.57 Å². The Morgan fingerprint density at radius 1 is 1.26 bits per heavy atom. The van der Waals surface area contributed by atoms with Crippen LogP contribution in [0.1, 0.15) is 45.2 Å². The summed E-state index contributed by atoms with van der Waals surface area (Å²) in [5.74, 6) is 0.607. The first-order valence-electron chi connectivity index (χ1n) is 10.5. The molecule has 7 nitrogen and oxygen atoms in total. The van der Waals surface area contributed by atoms with Crippen molar-refractivity contribution in [2.75, 3.05) is 0 Å². The fourth-order valence-electron chi connectivity index (χ4n) is 4.98. The molecule has 3 aromatic heterocycles. The number of imidazole rings is 1. The monoisotopic (exact) mass is 420 g/mol. The van der Waals surface area contributed by atoms with Gasteiger partial charge in [0.1, 0.15) is 24.1 Å². The molecule has 0 unspecified atom stereocenters. The van der Waals surface area contributed by atoms with E-state index in [-0.39, 0.29) is 11.3 Å². The van der Waals surface area contributed by atoms with E-state index in [4.69, 9.17) is 0 Å². The van der Waals surface area contributed by atoms with Crippen molar-refractivity contribution < 1.29 is 9.50 Å². The fraction of sp³-hybridized carbons (Fsp3) is 0.391. The maximum Gasteiger partial charge on any atom is 0.141 e. The molecule has 0 aliphatic carbocycles. The minimum absolute atomic E-state index is 0.0509. The number of nitrogens with one attached hydrogen (secondary N) is 1. The quantitative estimate of drug-likeness (QED) is 0.669. The predicted octanol–water partition coefficient (Wildman–Crippen LogP) is 3.85. The maximum atomic E-state index is 15.3. The van der Waals surface area contributed by atoms with Crippen LogP contribution in [0.5, 0.6) is 5.75 Å². The zero-order chi connectivity index (χ0) is 21.6. The number of halogens is 1. The molecule has 2 aliphatic heterocycles. The molecule has 0 spiro atoms. The second-order valence-corrected chi connectivity index (χ2v) is 9.09. The van der Waals surface area contributed by atoms with Crippen LogP contribution in [-0.4, -0.2) is 47.1 Å². The van der Waals surface area contributed by atoms with Gasteiger partial charge in [-0.15, -0.1) is 5.10 Å². The van der Waals surface area contributed by atoms with Gasteiger partial charge in [0.25, 0.3) is 0 Å². The summed E-state index contributed by atoms with van der Waals surface area (Å²) in [6.45, 7) is 4.14. The van der Waals surface area contributed by atoms with Gasteiger partial charge in [-0.25, -0.2) is 14.4 Å². The molecule has 5 heterocycles. The zero-order valence-corrected chi connectivity index (χ0v) is 17.6. The number of alkyl halides is 1. The van der Waals surface area contributed by atoms with Gasteiger partial charge in [0.2, 0.25) is 0 Å². The Balaban J connectivity index is 1.40. The van der Waals surface area contributed by atoms with Crippen molar-refractivity contribution in [2.45, 2.75) is 56.8 Å². The van der Waals surface area contributed by atoms with Gasteiger partial charge in [-0.1, -0.05) is 0 Å². The lowest BCUT2D eigenvalue weighted by Crippen LogP contribution is -2.66. The molecule has 2 aliphatic rings. The van der Waals surface area contributed by atoms with Gasteiger partial charge in [0, 0.05) is 30.2 Å². The zero-order valence-electron chi connectivity index (χ0n) is 17.6. The number of pyridine rings is 1. The Labute approximate surface area is 180 Å². The van der Waals surface area contributed by atoms with Crippen molar-refractivity contribution in [3.05, 3.63) is 54.4 Å². The third kappa shape index (κ3) is 3.61. The Hall–Kier alpha value is -3.13. The average molecular weight is 420 g/mol. The van der Waals surface area contributed by atoms with Crippen LogP contribution < -0.4 is 5.32 Å².